The summed E-state index contributed by atoms with van der Waals surface area (Å²) in [5.41, 5.74) is 1.57. The van der Waals surface area contributed by atoms with Gasteiger partial charge in [-0.1, -0.05) is 32.3 Å². The second-order valence-corrected chi connectivity index (χ2v) is 6.30. The Kier molecular flexibility index (Phi) is 4.74. The van der Waals surface area contributed by atoms with E-state index in [2.05, 4.69) is 15.3 Å². The number of hydrogen-bond donors (Lipinski definition) is 2. The molecule has 5 nitrogen and oxygen atoms in total. The number of nitrogens with one attached hydrogen (secondary N) is 2. The van der Waals surface area contributed by atoms with E-state index in [9.17, 15) is 9.59 Å². The monoisotopic (exact) mass is 313 g/mol. The number of amides is 1. The molecule has 1 aromatic carbocycles. The third-order valence-corrected chi connectivity index (χ3v) is 4.53. The average Bonchev–Trinajstić information content (AvgIpc) is 2.55. The number of carbonyl (C=O) groups excluding carboxylic acids is 1. The van der Waals surface area contributed by atoms with Gasteiger partial charge in [0.05, 0.1) is 17.3 Å². The highest BCUT2D eigenvalue weighted by Gasteiger charge is 2.16. The second kappa shape index (κ2) is 6.94. The number of aromatic amines is 1. The van der Waals surface area contributed by atoms with Crippen molar-refractivity contribution in [3.63, 3.8) is 0 Å². The lowest BCUT2D eigenvalue weighted by molar-refractivity contribution is -0.121. The van der Waals surface area contributed by atoms with Crippen molar-refractivity contribution in [3.05, 3.63) is 39.9 Å². The van der Waals surface area contributed by atoms with E-state index in [0.29, 0.717) is 16.7 Å². The van der Waals surface area contributed by atoms with Gasteiger partial charge in [0.25, 0.3) is 5.56 Å². The van der Waals surface area contributed by atoms with Gasteiger partial charge in [-0.2, -0.15) is 0 Å². The predicted molar refractivity (Wildman–Crippen MR) is 90.5 cm³/mol. The molecule has 1 amide bonds. The first-order valence-electron chi connectivity index (χ1n) is 8.47. The van der Waals surface area contributed by atoms with Crippen molar-refractivity contribution in [2.45, 2.75) is 57.9 Å². The van der Waals surface area contributed by atoms with Crippen LogP contribution in [0.3, 0.4) is 0 Å². The number of benzene rings is 1. The van der Waals surface area contributed by atoms with Gasteiger partial charge in [-0.3, -0.25) is 9.59 Å². The molecule has 0 aliphatic heterocycles. The molecule has 0 radical (unpaired) electrons. The van der Waals surface area contributed by atoms with Gasteiger partial charge in [-0.05, 0) is 37.0 Å². The minimum absolute atomic E-state index is 0.0652. The minimum Gasteiger partial charge on any atom is -0.353 e. The third-order valence-electron chi connectivity index (χ3n) is 4.53. The summed E-state index contributed by atoms with van der Waals surface area (Å²) in [6, 6.07) is 5.97. The molecule has 2 N–H and O–H groups in total. The Balaban J connectivity index is 1.75. The molecule has 1 saturated carbocycles. The van der Waals surface area contributed by atoms with Crippen molar-refractivity contribution < 1.29 is 4.79 Å². The van der Waals surface area contributed by atoms with E-state index in [1.165, 1.54) is 19.3 Å². The number of aryl methyl sites for hydroxylation is 1. The Hall–Kier alpha value is -2.17. The Morgan fingerprint density at radius 2 is 2.09 bits per heavy atom. The minimum atomic E-state index is -0.175. The molecule has 0 unspecified atom stereocenters. The first-order chi connectivity index (χ1) is 11.2. The zero-order valence-corrected chi connectivity index (χ0v) is 13.5. The van der Waals surface area contributed by atoms with E-state index in [1.807, 2.05) is 25.1 Å². The zero-order chi connectivity index (χ0) is 16.2. The van der Waals surface area contributed by atoms with Crippen LogP contribution in [-0.2, 0) is 17.6 Å². The van der Waals surface area contributed by atoms with Gasteiger partial charge in [0.2, 0.25) is 5.91 Å². The number of aromatic nitrogens is 2. The summed E-state index contributed by atoms with van der Waals surface area (Å²) in [6.45, 7) is 2.05. The van der Waals surface area contributed by atoms with Gasteiger partial charge in [-0.25, -0.2) is 4.98 Å². The average molecular weight is 313 g/mol. The SMILES string of the molecule is CCc1ccc2nc(CC(=O)NC3CCCCC3)[nH]c(=O)c2c1. The van der Waals surface area contributed by atoms with Crippen LogP contribution in [0, 0.1) is 0 Å². The Morgan fingerprint density at radius 3 is 2.83 bits per heavy atom. The number of fused-ring (bicyclic) bond motifs is 1. The molecule has 1 aliphatic rings. The summed E-state index contributed by atoms with van der Waals surface area (Å²) in [5, 5.41) is 3.64. The fourth-order valence-corrected chi connectivity index (χ4v) is 3.22. The standard InChI is InChI=1S/C18H23N3O2/c1-2-12-8-9-15-14(10-12)18(23)21-16(20-15)11-17(22)19-13-6-4-3-5-7-13/h8-10,13H,2-7,11H2,1H3,(H,19,22)(H,20,21,23). The number of hydrogen-bond acceptors (Lipinski definition) is 3. The van der Waals surface area contributed by atoms with Crippen LogP contribution in [0.25, 0.3) is 10.9 Å². The van der Waals surface area contributed by atoms with Crippen LogP contribution < -0.4 is 10.9 Å². The van der Waals surface area contributed by atoms with Gasteiger partial charge < -0.3 is 10.3 Å². The van der Waals surface area contributed by atoms with Crippen LogP contribution in [-0.4, -0.2) is 21.9 Å². The van der Waals surface area contributed by atoms with Crippen molar-refractivity contribution in [1.82, 2.24) is 15.3 Å². The summed E-state index contributed by atoms with van der Waals surface area (Å²) < 4.78 is 0. The molecule has 3 rings (SSSR count). The highest BCUT2D eigenvalue weighted by molar-refractivity contribution is 5.81. The summed E-state index contributed by atoms with van der Waals surface area (Å²) in [5.74, 6) is 0.365. The number of carbonyl (C=O) groups is 1. The number of rotatable bonds is 4. The Labute approximate surface area is 135 Å². The molecule has 0 spiro atoms. The molecule has 122 valence electrons. The van der Waals surface area contributed by atoms with E-state index in [-0.39, 0.29) is 23.9 Å². The first kappa shape index (κ1) is 15.7. The van der Waals surface area contributed by atoms with E-state index in [4.69, 9.17) is 0 Å². The van der Waals surface area contributed by atoms with Gasteiger partial charge in [0.1, 0.15) is 5.82 Å². The highest BCUT2D eigenvalue weighted by atomic mass is 16.1. The normalized spacial score (nSPS) is 15.7. The fourth-order valence-electron chi connectivity index (χ4n) is 3.22. The Bertz CT molecular complexity index is 760. The van der Waals surface area contributed by atoms with Crippen LogP contribution in [0.5, 0.6) is 0 Å². The molecule has 2 aromatic rings. The van der Waals surface area contributed by atoms with Crippen LogP contribution >= 0.6 is 0 Å². The van der Waals surface area contributed by atoms with E-state index in [0.717, 1.165) is 24.8 Å². The number of nitrogens with zero attached hydrogens (tertiary/aromatic N) is 1. The van der Waals surface area contributed by atoms with Crippen molar-refractivity contribution in [1.29, 1.82) is 0 Å². The maximum absolute atomic E-state index is 12.2. The quantitative estimate of drug-likeness (QED) is 0.910. The van der Waals surface area contributed by atoms with Crippen LogP contribution in [0.4, 0.5) is 0 Å². The smallest absolute Gasteiger partial charge is 0.258 e. The fraction of sp³-hybridized carbons (Fsp3) is 0.500. The van der Waals surface area contributed by atoms with Gasteiger partial charge >= 0.3 is 0 Å². The zero-order valence-electron chi connectivity index (χ0n) is 13.5. The van der Waals surface area contributed by atoms with Crippen LogP contribution in [0.1, 0.15) is 50.4 Å². The maximum Gasteiger partial charge on any atom is 0.258 e. The van der Waals surface area contributed by atoms with Gasteiger partial charge in [0, 0.05) is 6.04 Å². The van der Waals surface area contributed by atoms with Crippen molar-refractivity contribution in [3.8, 4) is 0 Å². The molecule has 0 saturated heterocycles. The summed E-state index contributed by atoms with van der Waals surface area (Å²) >= 11 is 0. The molecule has 0 bridgehead atoms. The molecule has 1 aromatic heterocycles. The first-order valence-corrected chi connectivity index (χ1v) is 8.47. The molecule has 1 aliphatic carbocycles. The molecule has 23 heavy (non-hydrogen) atoms. The predicted octanol–water partition coefficient (Wildman–Crippen LogP) is 2.48. The maximum atomic E-state index is 12.2. The van der Waals surface area contributed by atoms with Crippen molar-refractivity contribution >= 4 is 16.8 Å². The van der Waals surface area contributed by atoms with Gasteiger partial charge in [-0.15, -0.1) is 0 Å². The topological polar surface area (TPSA) is 74.8 Å². The second-order valence-electron chi connectivity index (χ2n) is 6.30. The van der Waals surface area contributed by atoms with Crippen LogP contribution in [0.2, 0.25) is 0 Å². The highest BCUT2D eigenvalue weighted by Crippen LogP contribution is 2.17. The molecule has 0 atom stereocenters. The summed E-state index contributed by atoms with van der Waals surface area (Å²) in [7, 11) is 0. The summed E-state index contributed by atoms with van der Waals surface area (Å²) in [4.78, 5) is 31.5. The molecule has 1 fully saturated rings. The van der Waals surface area contributed by atoms with E-state index in [1.54, 1.807) is 0 Å². The largest absolute Gasteiger partial charge is 0.353 e. The van der Waals surface area contributed by atoms with E-state index < -0.39 is 0 Å². The van der Waals surface area contributed by atoms with Crippen molar-refractivity contribution in [2.24, 2.45) is 0 Å². The lowest BCUT2D eigenvalue weighted by Crippen LogP contribution is -2.37. The van der Waals surface area contributed by atoms with Crippen molar-refractivity contribution in [2.75, 3.05) is 0 Å². The molecular weight excluding hydrogens is 290 g/mol. The Morgan fingerprint density at radius 1 is 1.30 bits per heavy atom. The molecule has 5 heteroatoms. The van der Waals surface area contributed by atoms with Gasteiger partial charge in [0.15, 0.2) is 0 Å². The summed E-state index contributed by atoms with van der Waals surface area (Å²) in [6.07, 6.45) is 6.70. The van der Waals surface area contributed by atoms with Crippen LogP contribution in [0.15, 0.2) is 23.0 Å². The lowest BCUT2D eigenvalue weighted by atomic mass is 9.95. The lowest BCUT2D eigenvalue weighted by Gasteiger charge is -2.22. The molecule has 1 heterocycles. The number of H-pyrrole nitrogens is 1. The third kappa shape index (κ3) is 3.78. The van der Waals surface area contributed by atoms with E-state index >= 15 is 0 Å². The molecular formula is C18H23N3O2.